The van der Waals surface area contributed by atoms with Crippen molar-refractivity contribution in [2.75, 3.05) is 23.8 Å². The van der Waals surface area contributed by atoms with E-state index in [-0.39, 0.29) is 12.5 Å². The second-order valence-electron chi connectivity index (χ2n) is 9.52. The summed E-state index contributed by atoms with van der Waals surface area (Å²) in [7, 11) is 2.17. The monoisotopic (exact) mass is 504 g/mol. The normalized spacial score (nSPS) is 17.8. The number of benzene rings is 2. The van der Waals surface area contributed by atoms with Gasteiger partial charge in [0.25, 0.3) is 0 Å². The third kappa shape index (κ3) is 5.54. The van der Waals surface area contributed by atoms with Gasteiger partial charge in [0.1, 0.15) is 12.6 Å². The summed E-state index contributed by atoms with van der Waals surface area (Å²) in [6.45, 7) is 0.700. The summed E-state index contributed by atoms with van der Waals surface area (Å²) in [5.74, 6) is -0.222. The van der Waals surface area contributed by atoms with E-state index in [0.717, 1.165) is 23.2 Å². The lowest BCUT2D eigenvalue weighted by molar-refractivity contribution is -0.120. The third-order valence-electron chi connectivity index (χ3n) is 7.15. The SMILES string of the molecule is CN(c1cccc(-c2csc(NC(=O)C3CCCN3C(=O)OCc3ccccc3)n2)c1)C1CCCC1. The minimum absolute atomic E-state index is 0.190. The summed E-state index contributed by atoms with van der Waals surface area (Å²) >= 11 is 1.40. The molecule has 0 radical (unpaired) electrons. The molecular formula is C28H32N4O3S. The van der Waals surface area contributed by atoms with Gasteiger partial charge < -0.3 is 15.0 Å². The van der Waals surface area contributed by atoms with Gasteiger partial charge in [-0.2, -0.15) is 0 Å². The van der Waals surface area contributed by atoms with Crippen LogP contribution >= 0.6 is 11.3 Å². The lowest BCUT2D eigenvalue weighted by atomic mass is 10.1. The van der Waals surface area contributed by atoms with E-state index in [1.165, 1.54) is 47.6 Å². The van der Waals surface area contributed by atoms with E-state index >= 15 is 0 Å². The first-order valence-corrected chi connectivity index (χ1v) is 13.5. The van der Waals surface area contributed by atoms with Crippen LogP contribution in [-0.4, -0.2) is 47.6 Å². The number of carbonyl (C=O) groups is 2. The van der Waals surface area contributed by atoms with Crippen molar-refractivity contribution in [3.05, 3.63) is 65.5 Å². The summed E-state index contributed by atoms with van der Waals surface area (Å²) < 4.78 is 5.46. The van der Waals surface area contributed by atoms with Gasteiger partial charge in [-0.25, -0.2) is 9.78 Å². The molecular weight excluding hydrogens is 472 g/mol. The second kappa shape index (κ2) is 11.1. The quantitative estimate of drug-likeness (QED) is 0.432. The van der Waals surface area contributed by atoms with E-state index in [9.17, 15) is 9.59 Å². The molecule has 8 heteroatoms. The lowest BCUT2D eigenvalue weighted by Gasteiger charge is -2.26. The fourth-order valence-corrected chi connectivity index (χ4v) is 5.82. The summed E-state index contributed by atoms with van der Waals surface area (Å²) in [5, 5.41) is 5.42. The predicted molar refractivity (Wildman–Crippen MR) is 143 cm³/mol. The fraction of sp³-hybridized carbons (Fsp3) is 0.393. The van der Waals surface area contributed by atoms with E-state index in [0.29, 0.717) is 24.1 Å². The number of hydrogen-bond acceptors (Lipinski definition) is 6. The zero-order valence-corrected chi connectivity index (χ0v) is 21.4. The van der Waals surface area contributed by atoms with Gasteiger partial charge in [-0.3, -0.25) is 9.69 Å². The highest BCUT2D eigenvalue weighted by Crippen LogP contribution is 2.31. The largest absolute Gasteiger partial charge is 0.445 e. The number of amides is 2. The van der Waals surface area contributed by atoms with Crippen LogP contribution in [0.25, 0.3) is 11.3 Å². The molecule has 1 atom stereocenters. The van der Waals surface area contributed by atoms with E-state index in [1.54, 1.807) is 0 Å². The zero-order chi connectivity index (χ0) is 24.9. The molecule has 1 saturated carbocycles. The Morgan fingerprint density at radius 1 is 1.08 bits per heavy atom. The average molecular weight is 505 g/mol. The van der Waals surface area contributed by atoms with Crippen LogP contribution in [0.15, 0.2) is 60.0 Å². The highest BCUT2D eigenvalue weighted by molar-refractivity contribution is 7.14. The maximum absolute atomic E-state index is 13.0. The van der Waals surface area contributed by atoms with Crippen LogP contribution in [0.3, 0.4) is 0 Å². The number of thiazole rings is 1. The van der Waals surface area contributed by atoms with E-state index < -0.39 is 12.1 Å². The number of hydrogen-bond donors (Lipinski definition) is 1. The standard InChI is InChI=1S/C28H32N4O3S/c1-31(22-12-5-6-13-22)23-14-7-11-21(17-23)24-19-36-27(29-24)30-26(33)25-15-8-16-32(25)28(34)35-18-20-9-3-2-4-10-20/h2-4,7,9-11,14,17,19,22,25H,5-6,8,12-13,15-16,18H2,1H3,(H,29,30,33). The molecule has 1 aliphatic carbocycles. The van der Waals surface area contributed by atoms with Crippen LogP contribution in [0.2, 0.25) is 0 Å². The molecule has 2 fully saturated rings. The molecule has 2 heterocycles. The topological polar surface area (TPSA) is 74.8 Å². The number of aromatic nitrogens is 1. The molecule has 1 aromatic heterocycles. The van der Waals surface area contributed by atoms with Gasteiger partial charge in [0.15, 0.2) is 5.13 Å². The molecule has 36 heavy (non-hydrogen) atoms. The van der Waals surface area contributed by atoms with Gasteiger partial charge in [0.2, 0.25) is 5.91 Å². The van der Waals surface area contributed by atoms with Crippen molar-refractivity contribution in [3.63, 3.8) is 0 Å². The van der Waals surface area contributed by atoms with Crippen molar-refractivity contribution >= 4 is 34.2 Å². The summed E-state index contributed by atoms with van der Waals surface area (Å²) in [6.07, 6.45) is 6.00. The smallest absolute Gasteiger partial charge is 0.410 e. The van der Waals surface area contributed by atoms with Crippen molar-refractivity contribution in [1.29, 1.82) is 0 Å². The molecule has 2 aliphatic rings. The van der Waals surface area contributed by atoms with Crippen LogP contribution in [-0.2, 0) is 16.1 Å². The maximum atomic E-state index is 13.0. The summed E-state index contributed by atoms with van der Waals surface area (Å²) in [6, 6.07) is 18.0. The van der Waals surface area contributed by atoms with Crippen molar-refractivity contribution in [1.82, 2.24) is 9.88 Å². The molecule has 3 aromatic rings. The number of nitrogens with one attached hydrogen (secondary N) is 1. The summed E-state index contributed by atoms with van der Waals surface area (Å²) in [5.41, 5.74) is 3.97. The second-order valence-corrected chi connectivity index (χ2v) is 10.4. The third-order valence-corrected chi connectivity index (χ3v) is 7.91. The lowest BCUT2D eigenvalue weighted by Crippen LogP contribution is -2.43. The van der Waals surface area contributed by atoms with Crippen LogP contribution in [0.4, 0.5) is 15.6 Å². The Balaban J connectivity index is 1.20. The van der Waals surface area contributed by atoms with E-state index in [2.05, 4.69) is 40.4 Å². The van der Waals surface area contributed by atoms with Gasteiger partial charge >= 0.3 is 6.09 Å². The zero-order valence-electron chi connectivity index (χ0n) is 20.6. The Hall–Kier alpha value is -3.39. The van der Waals surface area contributed by atoms with E-state index in [1.807, 2.05) is 41.8 Å². The minimum Gasteiger partial charge on any atom is -0.445 e. The fourth-order valence-electron chi connectivity index (χ4n) is 5.10. The Kier molecular flexibility index (Phi) is 7.51. The summed E-state index contributed by atoms with van der Waals surface area (Å²) in [4.78, 5) is 34.3. The van der Waals surface area contributed by atoms with Crippen molar-refractivity contribution in [2.45, 2.75) is 57.2 Å². The first-order chi connectivity index (χ1) is 17.6. The molecule has 188 valence electrons. The molecule has 1 N–H and O–H groups in total. The minimum atomic E-state index is -0.552. The van der Waals surface area contributed by atoms with Crippen LogP contribution in [0, 0.1) is 0 Å². The Morgan fingerprint density at radius 2 is 1.89 bits per heavy atom. The number of ether oxygens (including phenoxy) is 1. The average Bonchev–Trinajstić information content (AvgIpc) is 3.69. The highest BCUT2D eigenvalue weighted by Gasteiger charge is 2.35. The molecule has 7 nitrogen and oxygen atoms in total. The molecule has 1 saturated heterocycles. The first kappa shape index (κ1) is 24.3. The van der Waals surface area contributed by atoms with Crippen LogP contribution in [0.5, 0.6) is 0 Å². The first-order valence-electron chi connectivity index (χ1n) is 12.7. The van der Waals surface area contributed by atoms with Gasteiger partial charge in [0.05, 0.1) is 5.69 Å². The molecule has 2 aromatic carbocycles. The van der Waals surface area contributed by atoms with Gasteiger partial charge in [-0.1, -0.05) is 55.3 Å². The highest BCUT2D eigenvalue weighted by atomic mass is 32.1. The molecule has 1 aliphatic heterocycles. The molecule has 2 amide bonds. The molecule has 0 bridgehead atoms. The number of carbonyl (C=O) groups excluding carboxylic acids is 2. The maximum Gasteiger partial charge on any atom is 0.410 e. The van der Waals surface area contributed by atoms with Gasteiger partial charge in [0, 0.05) is 36.3 Å². The van der Waals surface area contributed by atoms with Crippen molar-refractivity contribution < 1.29 is 14.3 Å². The van der Waals surface area contributed by atoms with E-state index in [4.69, 9.17) is 4.74 Å². The molecule has 1 unspecified atom stereocenters. The van der Waals surface area contributed by atoms with Gasteiger partial charge in [-0.05, 0) is 43.4 Å². The number of nitrogens with zero attached hydrogens (tertiary/aromatic N) is 3. The Morgan fingerprint density at radius 3 is 2.69 bits per heavy atom. The Labute approximate surface area is 216 Å². The van der Waals surface area contributed by atoms with Crippen LogP contribution < -0.4 is 10.2 Å². The number of rotatable bonds is 7. The number of anilines is 2. The van der Waals surface area contributed by atoms with Crippen LogP contribution in [0.1, 0.15) is 44.1 Å². The van der Waals surface area contributed by atoms with Gasteiger partial charge in [-0.15, -0.1) is 11.3 Å². The van der Waals surface area contributed by atoms with Crippen molar-refractivity contribution in [2.24, 2.45) is 0 Å². The van der Waals surface area contributed by atoms with Crippen molar-refractivity contribution in [3.8, 4) is 11.3 Å². The molecule has 5 rings (SSSR count). The predicted octanol–water partition coefficient (Wildman–Crippen LogP) is 5.93. The molecule has 0 spiro atoms. The number of likely N-dealkylation sites (tertiary alicyclic amines) is 1. The Bertz CT molecular complexity index is 1190.